The third-order valence-electron chi connectivity index (χ3n) is 3.44. The van der Waals surface area contributed by atoms with Crippen LogP contribution in [-0.2, 0) is 4.74 Å². The number of hydrogen-bond donors (Lipinski definition) is 2. The van der Waals surface area contributed by atoms with Gasteiger partial charge >= 0.3 is 0 Å². The molecule has 1 aliphatic rings. The van der Waals surface area contributed by atoms with Crippen molar-refractivity contribution in [3.05, 3.63) is 0 Å². The van der Waals surface area contributed by atoms with Gasteiger partial charge in [-0.2, -0.15) is 0 Å². The first kappa shape index (κ1) is 13.9. The minimum absolute atomic E-state index is 0.160. The van der Waals surface area contributed by atoms with Gasteiger partial charge in [0.25, 0.3) is 0 Å². The Bertz CT molecular complexity index is 180. The summed E-state index contributed by atoms with van der Waals surface area (Å²) in [6.45, 7) is 8.25. The molecule has 0 aromatic heterocycles. The van der Waals surface area contributed by atoms with Gasteiger partial charge in [-0.1, -0.05) is 0 Å². The van der Waals surface area contributed by atoms with Crippen LogP contribution >= 0.6 is 0 Å². The first-order valence-corrected chi connectivity index (χ1v) is 6.39. The van der Waals surface area contributed by atoms with E-state index >= 15 is 0 Å². The van der Waals surface area contributed by atoms with E-state index in [1.165, 1.54) is 0 Å². The smallest absolute Gasteiger partial charge is 0.0823 e. The van der Waals surface area contributed by atoms with Gasteiger partial charge < -0.3 is 20.5 Å². The summed E-state index contributed by atoms with van der Waals surface area (Å²) in [5.74, 6) is 0.472. The van der Waals surface area contributed by atoms with Crippen LogP contribution in [0.1, 0.15) is 26.7 Å². The van der Waals surface area contributed by atoms with Gasteiger partial charge in [0.1, 0.15) is 0 Å². The molecule has 1 aliphatic heterocycles. The second-order valence-electron chi connectivity index (χ2n) is 4.69. The first-order chi connectivity index (χ1) is 7.67. The van der Waals surface area contributed by atoms with Gasteiger partial charge in [-0.05, 0) is 45.7 Å². The van der Waals surface area contributed by atoms with Crippen molar-refractivity contribution in [1.82, 2.24) is 4.90 Å². The second kappa shape index (κ2) is 7.22. The standard InChI is InChI=1S/C12H26N2O2/c1-3-16-12(8-13)9-14-6-4-11(5-7-14)10(2)15/h10-12,15H,3-9,13H2,1-2H3. The van der Waals surface area contributed by atoms with Crippen LogP contribution in [0.3, 0.4) is 0 Å². The maximum absolute atomic E-state index is 9.51. The largest absolute Gasteiger partial charge is 0.393 e. The van der Waals surface area contributed by atoms with Crippen LogP contribution < -0.4 is 5.73 Å². The van der Waals surface area contributed by atoms with E-state index in [4.69, 9.17) is 10.5 Å². The fourth-order valence-electron chi connectivity index (χ4n) is 2.34. The Kier molecular flexibility index (Phi) is 6.28. The van der Waals surface area contributed by atoms with Crippen LogP contribution in [0, 0.1) is 5.92 Å². The van der Waals surface area contributed by atoms with E-state index in [-0.39, 0.29) is 12.2 Å². The van der Waals surface area contributed by atoms with Crippen molar-refractivity contribution in [2.75, 3.05) is 32.8 Å². The second-order valence-corrected chi connectivity index (χ2v) is 4.69. The zero-order chi connectivity index (χ0) is 12.0. The lowest BCUT2D eigenvalue weighted by atomic mass is 9.92. The van der Waals surface area contributed by atoms with E-state index in [1.54, 1.807) is 0 Å². The minimum atomic E-state index is -0.167. The summed E-state index contributed by atoms with van der Waals surface area (Å²) in [7, 11) is 0. The molecule has 2 atom stereocenters. The molecular formula is C12H26N2O2. The molecule has 1 rings (SSSR count). The number of hydrogen-bond acceptors (Lipinski definition) is 4. The molecule has 4 heteroatoms. The van der Waals surface area contributed by atoms with Crippen molar-refractivity contribution in [2.45, 2.75) is 38.9 Å². The Hall–Kier alpha value is -0.160. The van der Waals surface area contributed by atoms with Gasteiger partial charge in [-0.15, -0.1) is 0 Å². The predicted octanol–water partition coefficient (Wildman–Crippen LogP) is 0.443. The van der Waals surface area contributed by atoms with Crippen LogP contribution in [0.2, 0.25) is 0 Å². The zero-order valence-electron chi connectivity index (χ0n) is 10.6. The average Bonchev–Trinajstić information content (AvgIpc) is 2.29. The molecule has 0 spiro atoms. The predicted molar refractivity (Wildman–Crippen MR) is 65.3 cm³/mol. The minimum Gasteiger partial charge on any atom is -0.393 e. The number of nitrogens with two attached hydrogens (primary N) is 1. The summed E-state index contributed by atoms with van der Waals surface area (Å²) in [6.07, 6.45) is 2.16. The lowest BCUT2D eigenvalue weighted by Gasteiger charge is -2.34. The number of rotatable bonds is 6. The van der Waals surface area contributed by atoms with Gasteiger partial charge in [0, 0.05) is 19.7 Å². The highest BCUT2D eigenvalue weighted by molar-refractivity contribution is 4.77. The van der Waals surface area contributed by atoms with Crippen LogP contribution in [0.25, 0.3) is 0 Å². The highest BCUT2D eigenvalue weighted by Crippen LogP contribution is 2.20. The SMILES string of the molecule is CCOC(CN)CN1CCC(C(C)O)CC1. The van der Waals surface area contributed by atoms with Crippen molar-refractivity contribution in [3.63, 3.8) is 0 Å². The molecule has 4 nitrogen and oxygen atoms in total. The summed E-state index contributed by atoms with van der Waals surface area (Å²) in [6, 6.07) is 0. The third-order valence-corrected chi connectivity index (χ3v) is 3.44. The molecule has 0 aliphatic carbocycles. The van der Waals surface area contributed by atoms with E-state index < -0.39 is 0 Å². The quantitative estimate of drug-likeness (QED) is 0.695. The molecule has 0 aromatic rings. The van der Waals surface area contributed by atoms with Crippen LogP contribution in [0.15, 0.2) is 0 Å². The van der Waals surface area contributed by atoms with Gasteiger partial charge in [0.2, 0.25) is 0 Å². The molecule has 0 aromatic carbocycles. The Balaban J connectivity index is 2.25. The number of aliphatic hydroxyl groups excluding tert-OH is 1. The molecule has 1 heterocycles. The molecule has 96 valence electrons. The van der Waals surface area contributed by atoms with E-state index in [0.29, 0.717) is 12.5 Å². The van der Waals surface area contributed by atoms with E-state index in [9.17, 15) is 5.11 Å². The maximum Gasteiger partial charge on any atom is 0.0823 e. The van der Waals surface area contributed by atoms with Crippen LogP contribution in [0.5, 0.6) is 0 Å². The highest BCUT2D eigenvalue weighted by atomic mass is 16.5. The normalized spacial score (nSPS) is 23.2. The van der Waals surface area contributed by atoms with Crippen molar-refractivity contribution < 1.29 is 9.84 Å². The average molecular weight is 230 g/mol. The first-order valence-electron chi connectivity index (χ1n) is 6.39. The molecule has 0 saturated carbocycles. The summed E-state index contributed by atoms with van der Waals surface area (Å²) in [5.41, 5.74) is 5.66. The van der Waals surface area contributed by atoms with Gasteiger partial charge in [-0.3, -0.25) is 0 Å². The monoisotopic (exact) mass is 230 g/mol. The molecule has 0 radical (unpaired) electrons. The van der Waals surface area contributed by atoms with Crippen molar-refractivity contribution in [1.29, 1.82) is 0 Å². The molecule has 0 amide bonds. The number of ether oxygens (including phenoxy) is 1. The van der Waals surface area contributed by atoms with Gasteiger partial charge in [0.15, 0.2) is 0 Å². The fraction of sp³-hybridized carbons (Fsp3) is 1.00. The highest BCUT2D eigenvalue weighted by Gasteiger charge is 2.23. The van der Waals surface area contributed by atoms with E-state index in [2.05, 4.69) is 4.90 Å². The zero-order valence-corrected chi connectivity index (χ0v) is 10.6. The summed E-state index contributed by atoms with van der Waals surface area (Å²) < 4.78 is 5.55. The van der Waals surface area contributed by atoms with Crippen molar-refractivity contribution in [2.24, 2.45) is 11.7 Å². The number of likely N-dealkylation sites (tertiary alicyclic amines) is 1. The molecule has 3 N–H and O–H groups in total. The van der Waals surface area contributed by atoms with Crippen molar-refractivity contribution >= 4 is 0 Å². The summed E-state index contributed by atoms with van der Waals surface area (Å²) >= 11 is 0. The number of aliphatic hydroxyl groups is 1. The maximum atomic E-state index is 9.51. The Morgan fingerprint density at radius 1 is 1.44 bits per heavy atom. The van der Waals surface area contributed by atoms with Crippen molar-refractivity contribution in [3.8, 4) is 0 Å². The topological polar surface area (TPSA) is 58.7 Å². The van der Waals surface area contributed by atoms with Crippen LogP contribution in [0.4, 0.5) is 0 Å². The molecular weight excluding hydrogens is 204 g/mol. The fourth-order valence-corrected chi connectivity index (χ4v) is 2.34. The lowest BCUT2D eigenvalue weighted by molar-refractivity contribution is 0.0177. The Labute approximate surface area is 98.8 Å². The molecule has 16 heavy (non-hydrogen) atoms. The van der Waals surface area contributed by atoms with Gasteiger partial charge in [-0.25, -0.2) is 0 Å². The molecule has 1 saturated heterocycles. The third kappa shape index (κ3) is 4.37. The lowest BCUT2D eigenvalue weighted by Crippen LogP contribution is -2.43. The molecule has 0 bridgehead atoms. The summed E-state index contributed by atoms with van der Waals surface area (Å²) in [4.78, 5) is 2.39. The van der Waals surface area contributed by atoms with Crippen LogP contribution in [-0.4, -0.2) is 55.0 Å². The number of nitrogens with zero attached hydrogens (tertiary/aromatic N) is 1. The van der Waals surface area contributed by atoms with E-state index in [1.807, 2.05) is 13.8 Å². The molecule has 2 unspecified atom stereocenters. The van der Waals surface area contributed by atoms with E-state index in [0.717, 1.165) is 39.1 Å². The number of piperidine rings is 1. The Morgan fingerprint density at radius 3 is 2.50 bits per heavy atom. The van der Waals surface area contributed by atoms with Gasteiger partial charge in [0.05, 0.1) is 12.2 Å². The Morgan fingerprint density at radius 2 is 2.06 bits per heavy atom. The molecule has 1 fully saturated rings. The summed E-state index contributed by atoms with van der Waals surface area (Å²) in [5, 5.41) is 9.51.